The number of aliphatic carboxylic acids is 1. The highest BCUT2D eigenvalue weighted by molar-refractivity contribution is 5.87. The molecule has 1 amide bonds. The summed E-state index contributed by atoms with van der Waals surface area (Å²) in [5.74, 6) is -1.58. The summed E-state index contributed by atoms with van der Waals surface area (Å²) in [6.07, 6.45) is 1.59. The monoisotopic (exact) mass is 230 g/mol. The molecule has 6 heteroatoms. The first-order valence-electron chi connectivity index (χ1n) is 5.47. The SMILES string of the molecule is C[C@@H](O)[C@H](NC(=O)C1CCCCN1)C(=O)O. The Hall–Kier alpha value is -1.14. The molecule has 0 saturated carbocycles. The number of hydrogen-bond acceptors (Lipinski definition) is 4. The van der Waals surface area contributed by atoms with Gasteiger partial charge in [-0.3, -0.25) is 4.79 Å². The Labute approximate surface area is 94.0 Å². The molecule has 3 atom stereocenters. The van der Waals surface area contributed by atoms with Crippen molar-refractivity contribution in [3.63, 3.8) is 0 Å². The van der Waals surface area contributed by atoms with Crippen LogP contribution in [0.2, 0.25) is 0 Å². The molecule has 4 N–H and O–H groups in total. The number of carbonyl (C=O) groups excluding carboxylic acids is 1. The van der Waals surface area contributed by atoms with Crippen molar-refractivity contribution in [2.24, 2.45) is 0 Å². The average Bonchev–Trinajstić information content (AvgIpc) is 2.25. The number of rotatable bonds is 4. The third-order valence-corrected chi connectivity index (χ3v) is 2.67. The Balaban J connectivity index is 2.50. The standard InChI is InChI=1S/C10H18N2O4/c1-6(13)8(10(15)16)12-9(14)7-4-2-3-5-11-7/h6-8,11,13H,2-5H2,1H3,(H,12,14)(H,15,16)/t6-,7?,8+/m1/s1. The number of piperidine rings is 1. The van der Waals surface area contributed by atoms with Crippen LogP contribution in [0.5, 0.6) is 0 Å². The zero-order valence-electron chi connectivity index (χ0n) is 9.27. The molecule has 16 heavy (non-hydrogen) atoms. The maximum atomic E-state index is 11.7. The molecular formula is C10H18N2O4. The normalized spacial score (nSPS) is 24.5. The lowest BCUT2D eigenvalue weighted by Crippen LogP contribution is -2.54. The fraction of sp³-hybridized carbons (Fsp3) is 0.800. The molecule has 0 aliphatic carbocycles. The minimum Gasteiger partial charge on any atom is -0.480 e. The van der Waals surface area contributed by atoms with Gasteiger partial charge in [-0.05, 0) is 26.3 Å². The molecule has 0 aromatic carbocycles. The van der Waals surface area contributed by atoms with Crippen molar-refractivity contribution in [1.29, 1.82) is 0 Å². The van der Waals surface area contributed by atoms with Gasteiger partial charge in [0.15, 0.2) is 6.04 Å². The molecule has 0 aromatic rings. The van der Waals surface area contributed by atoms with Crippen LogP contribution in [0.25, 0.3) is 0 Å². The van der Waals surface area contributed by atoms with Crippen LogP contribution in [0.3, 0.4) is 0 Å². The van der Waals surface area contributed by atoms with Gasteiger partial charge in [-0.1, -0.05) is 6.42 Å². The van der Waals surface area contributed by atoms with E-state index in [2.05, 4.69) is 10.6 Å². The van der Waals surface area contributed by atoms with Gasteiger partial charge in [0.25, 0.3) is 0 Å². The van der Waals surface area contributed by atoms with E-state index in [1.54, 1.807) is 0 Å². The quantitative estimate of drug-likeness (QED) is 0.500. The second-order valence-corrected chi connectivity index (χ2v) is 4.07. The van der Waals surface area contributed by atoms with Gasteiger partial charge in [0.05, 0.1) is 12.1 Å². The van der Waals surface area contributed by atoms with Gasteiger partial charge in [-0.15, -0.1) is 0 Å². The van der Waals surface area contributed by atoms with E-state index in [9.17, 15) is 14.7 Å². The summed E-state index contributed by atoms with van der Waals surface area (Å²) in [6, 6.07) is -1.58. The summed E-state index contributed by atoms with van der Waals surface area (Å²) >= 11 is 0. The highest BCUT2D eigenvalue weighted by atomic mass is 16.4. The van der Waals surface area contributed by atoms with E-state index in [1.165, 1.54) is 6.92 Å². The van der Waals surface area contributed by atoms with E-state index in [-0.39, 0.29) is 11.9 Å². The van der Waals surface area contributed by atoms with Crippen molar-refractivity contribution in [2.75, 3.05) is 6.54 Å². The lowest BCUT2D eigenvalue weighted by Gasteiger charge is -2.25. The molecular weight excluding hydrogens is 212 g/mol. The number of carboxylic acid groups (broad SMARTS) is 1. The zero-order chi connectivity index (χ0) is 12.1. The van der Waals surface area contributed by atoms with Crippen molar-refractivity contribution in [3.8, 4) is 0 Å². The molecule has 1 heterocycles. The predicted octanol–water partition coefficient (Wildman–Crippen LogP) is -0.921. The maximum absolute atomic E-state index is 11.7. The minimum atomic E-state index is -1.24. The van der Waals surface area contributed by atoms with Gasteiger partial charge in [-0.25, -0.2) is 4.79 Å². The Morgan fingerprint density at radius 2 is 2.12 bits per heavy atom. The van der Waals surface area contributed by atoms with Crippen molar-refractivity contribution >= 4 is 11.9 Å². The van der Waals surface area contributed by atoms with Gasteiger partial charge in [0.1, 0.15) is 0 Å². The predicted molar refractivity (Wildman–Crippen MR) is 56.9 cm³/mol. The summed E-state index contributed by atoms with van der Waals surface area (Å²) in [5.41, 5.74) is 0. The van der Waals surface area contributed by atoms with E-state index in [0.717, 1.165) is 19.4 Å². The zero-order valence-corrected chi connectivity index (χ0v) is 9.27. The number of hydrogen-bond donors (Lipinski definition) is 4. The number of nitrogens with one attached hydrogen (secondary N) is 2. The number of amides is 1. The van der Waals surface area contributed by atoms with Gasteiger partial charge in [0.2, 0.25) is 5.91 Å². The van der Waals surface area contributed by atoms with Crippen LogP contribution in [0.1, 0.15) is 26.2 Å². The molecule has 0 bridgehead atoms. The van der Waals surface area contributed by atoms with Crippen LogP contribution < -0.4 is 10.6 Å². The first kappa shape index (κ1) is 12.9. The fourth-order valence-electron chi connectivity index (χ4n) is 1.72. The number of aliphatic hydroxyl groups excluding tert-OH is 1. The lowest BCUT2D eigenvalue weighted by atomic mass is 10.0. The van der Waals surface area contributed by atoms with Gasteiger partial charge in [-0.2, -0.15) is 0 Å². The van der Waals surface area contributed by atoms with Gasteiger partial charge in [0, 0.05) is 0 Å². The smallest absolute Gasteiger partial charge is 0.328 e. The summed E-state index contributed by atoms with van der Waals surface area (Å²) in [5, 5.41) is 23.4. The molecule has 1 aliphatic rings. The Morgan fingerprint density at radius 3 is 2.56 bits per heavy atom. The largest absolute Gasteiger partial charge is 0.480 e. The third-order valence-electron chi connectivity index (χ3n) is 2.67. The van der Waals surface area contributed by atoms with E-state index in [1.807, 2.05) is 0 Å². The molecule has 0 aromatic heterocycles. The van der Waals surface area contributed by atoms with E-state index in [0.29, 0.717) is 6.42 Å². The first-order valence-corrected chi connectivity index (χ1v) is 5.47. The molecule has 1 unspecified atom stereocenters. The fourth-order valence-corrected chi connectivity index (χ4v) is 1.72. The number of aliphatic hydroxyl groups is 1. The number of carboxylic acids is 1. The highest BCUT2D eigenvalue weighted by Gasteiger charge is 2.28. The number of carbonyl (C=O) groups is 2. The van der Waals surface area contributed by atoms with Crippen LogP contribution in [0.4, 0.5) is 0 Å². The Bertz CT molecular complexity index is 262. The van der Waals surface area contributed by atoms with E-state index >= 15 is 0 Å². The Kier molecular flexibility index (Phi) is 4.70. The second-order valence-electron chi connectivity index (χ2n) is 4.07. The van der Waals surface area contributed by atoms with Crippen LogP contribution in [0, 0.1) is 0 Å². The van der Waals surface area contributed by atoms with Gasteiger partial charge >= 0.3 is 5.97 Å². The van der Waals surface area contributed by atoms with Crippen LogP contribution in [-0.2, 0) is 9.59 Å². The second kappa shape index (κ2) is 5.81. The average molecular weight is 230 g/mol. The molecule has 6 nitrogen and oxygen atoms in total. The molecule has 1 rings (SSSR count). The molecule has 1 saturated heterocycles. The van der Waals surface area contributed by atoms with E-state index in [4.69, 9.17) is 5.11 Å². The highest BCUT2D eigenvalue weighted by Crippen LogP contribution is 2.07. The van der Waals surface area contributed by atoms with Crippen molar-refractivity contribution < 1.29 is 19.8 Å². The Morgan fingerprint density at radius 1 is 1.44 bits per heavy atom. The summed E-state index contributed by atoms with van der Waals surface area (Å²) in [6.45, 7) is 2.11. The molecule has 0 spiro atoms. The summed E-state index contributed by atoms with van der Waals surface area (Å²) in [7, 11) is 0. The van der Waals surface area contributed by atoms with Crippen molar-refractivity contribution in [3.05, 3.63) is 0 Å². The first-order chi connectivity index (χ1) is 7.52. The molecule has 92 valence electrons. The van der Waals surface area contributed by atoms with E-state index < -0.39 is 18.1 Å². The van der Waals surface area contributed by atoms with Crippen LogP contribution >= 0.6 is 0 Å². The summed E-state index contributed by atoms with van der Waals surface area (Å²) < 4.78 is 0. The lowest BCUT2D eigenvalue weighted by molar-refractivity contribution is -0.145. The molecule has 1 aliphatic heterocycles. The summed E-state index contributed by atoms with van der Waals surface area (Å²) in [4.78, 5) is 22.4. The van der Waals surface area contributed by atoms with Crippen molar-refractivity contribution in [2.45, 2.75) is 44.4 Å². The van der Waals surface area contributed by atoms with Gasteiger partial charge < -0.3 is 20.8 Å². The van der Waals surface area contributed by atoms with Crippen LogP contribution in [0.15, 0.2) is 0 Å². The minimum absolute atomic E-state index is 0.339. The third kappa shape index (κ3) is 3.46. The van der Waals surface area contributed by atoms with Crippen molar-refractivity contribution in [1.82, 2.24) is 10.6 Å². The maximum Gasteiger partial charge on any atom is 0.328 e. The molecule has 1 fully saturated rings. The topological polar surface area (TPSA) is 98.7 Å². The van der Waals surface area contributed by atoms with Crippen LogP contribution in [-0.4, -0.2) is 46.8 Å². The molecule has 0 radical (unpaired) electrons.